The first kappa shape index (κ1) is 21.6. The minimum Gasteiger partial charge on any atom is -0.439 e. The Morgan fingerprint density at radius 3 is 2.65 bits per heavy atom. The zero-order valence-corrected chi connectivity index (χ0v) is 18.9. The summed E-state index contributed by atoms with van der Waals surface area (Å²) in [6.45, 7) is 1.76. The third-order valence-corrected chi connectivity index (χ3v) is 6.56. The summed E-state index contributed by atoms with van der Waals surface area (Å²) in [5, 5.41) is 2.75. The van der Waals surface area contributed by atoms with Crippen LogP contribution in [0.1, 0.15) is 17.8 Å². The maximum Gasteiger partial charge on any atom is 0.261 e. The predicted molar refractivity (Wildman–Crippen MR) is 125 cm³/mol. The molecule has 0 saturated carbocycles. The second-order valence-corrected chi connectivity index (χ2v) is 9.36. The lowest BCUT2D eigenvalue weighted by atomic mass is 10.0. The molecule has 34 heavy (non-hydrogen) atoms. The van der Waals surface area contributed by atoms with Crippen molar-refractivity contribution < 1.29 is 17.9 Å². The van der Waals surface area contributed by atoms with Gasteiger partial charge in [0.1, 0.15) is 23.7 Å². The summed E-state index contributed by atoms with van der Waals surface area (Å²) in [5.41, 5.74) is 1.82. The number of aryl methyl sites for hydroxylation is 2. The molecule has 0 saturated heterocycles. The zero-order valence-electron chi connectivity index (χ0n) is 18.1. The first-order chi connectivity index (χ1) is 16.4. The zero-order chi connectivity index (χ0) is 23.7. The van der Waals surface area contributed by atoms with E-state index in [1.165, 1.54) is 6.07 Å². The van der Waals surface area contributed by atoms with Gasteiger partial charge >= 0.3 is 0 Å². The quantitative estimate of drug-likeness (QED) is 0.436. The minimum absolute atomic E-state index is 0.0707. The van der Waals surface area contributed by atoms with Crippen molar-refractivity contribution in [3.8, 4) is 17.4 Å². The molecule has 0 aliphatic carbocycles. The van der Waals surface area contributed by atoms with Gasteiger partial charge in [-0.25, -0.2) is 18.4 Å². The van der Waals surface area contributed by atoms with Crippen LogP contribution in [0.4, 0.5) is 11.4 Å². The van der Waals surface area contributed by atoms with Crippen LogP contribution in [-0.2, 0) is 21.2 Å². The molecule has 2 N–H and O–H groups in total. The Balaban J connectivity index is 1.31. The van der Waals surface area contributed by atoms with E-state index in [2.05, 4.69) is 25.0 Å². The van der Waals surface area contributed by atoms with E-state index in [1.807, 2.05) is 0 Å². The number of hydrogen-bond acceptors (Lipinski definition) is 7. The van der Waals surface area contributed by atoms with Crippen molar-refractivity contribution in [2.75, 3.05) is 10.0 Å². The van der Waals surface area contributed by atoms with E-state index in [1.54, 1.807) is 72.7 Å². The van der Waals surface area contributed by atoms with E-state index >= 15 is 0 Å². The number of benzene rings is 2. The summed E-state index contributed by atoms with van der Waals surface area (Å²) in [4.78, 5) is 24.3. The Morgan fingerprint density at radius 1 is 1.06 bits per heavy atom. The van der Waals surface area contributed by atoms with E-state index in [0.29, 0.717) is 47.5 Å². The van der Waals surface area contributed by atoms with E-state index in [9.17, 15) is 13.2 Å². The second-order valence-electron chi connectivity index (χ2n) is 7.68. The molecule has 0 bridgehead atoms. The van der Waals surface area contributed by atoms with Crippen LogP contribution in [0, 0.1) is 6.92 Å². The Labute approximate surface area is 195 Å². The Bertz CT molecular complexity index is 1470. The van der Waals surface area contributed by atoms with Crippen LogP contribution in [0.3, 0.4) is 0 Å². The third-order valence-electron chi connectivity index (χ3n) is 5.18. The normalized spacial score (nSPS) is 13.1. The van der Waals surface area contributed by atoms with Crippen LogP contribution >= 0.6 is 0 Å². The molecule has 2 aromatic carbocycles. The van der Waals surface area contributed by atoms with E-state index < -0.39 is 10.0 Å². The number of imidazole rings is 1. The molecule has 172 valence electrons. The number of anilines is 2. The molecule has 5 rings (SSSR count). The largest absolute Gasteiger partial charge is 0.439 e. The Hall–Kier alpha value is -4.25. The summed E-state index contributed by atoms with van der Waals surface area (Å²) < 4.78 is 35.9. The molecule has 4 aromatic rings. The molecule has 11 heteroatoms. The van der Waals surface area contributed by atoms with Crippen LogP contribution in [0.25, 0.3) is 5.82 Å². The van der Waals surface area contributed by atoms with Crippen molar-refractivity contribution in [3.05, 3.63) is 78.6 Å². The third kappa shape index (κ3) is 4.59. The second kappa shape index (κ2) is 8.60. The van der Waals surface area contributed by atoms with Crippen LogP contribution in [-0.4, -0.2) is 33.8 Å². The van der Waals surface area contributed by atoms with Gasteiger partial charge in [-0.3, -0.25) is 14.1 Å². The number of aromatic nitrogens is 4. The first-order valence-corrected chi connectivity index (χ1v) is 11.9. The fourth-order valence-electron chi connectivity index (χ4n) is 3.56. The molecule has 3 heterocycles. The lowest BCUT2D eigenvalue weighted by Crippen LogP contribution is -2.20. The van der Waals surface area contributed by atoms with Gasteiger partial charge in [0.05, 0.1) is 4.90 Å². The molecule has 0 radical (unpaired) electrons. The van der Waals surface area contributed by atoms with Gasteiger partial charge in [0.15, 0.2) is 0 Å². The molecule has 0 fully saturated rings. The van der Waals surface area contributed by atoms with E-state index in [4.69, 9.17) is 4.74 Å². The highest BCUT2D eigenvalue weighted by Crippen LogP contribution is 2.28. The van der Waals surface area contributed by atoms with E-state index in [-0.39, 0.29) is 10.8 Å². The molecule has 1 aliphatic rings. The number of hydrogen-bond donors (Lipinski definition) is 2. The molecule has 0 spiro atoms. The van der Waals surface area contributed by atoms with Crippen molar-refractivity contribution in [3.63, 3.8) is 0 Å². The SMILES string of the molecule is Cc1nc(Oc2ccc(NS(=O)(=O)c3ccc4c(c3)CCC(=O)N4)cc2)cc(-n2ccnc2)n1. The molecule has 2 aromatic heterocycles. The summed E-state index contributed by atoms with van der Waals surface area (Å²) in [5.74, 6) is 1.93. The first-order valence-electron chi connectivity index (χ1n) is 10.4. The van der Waals surface area contributed by atoms with Crippen molar-refractivity contribution in [1.82, 2.24) is 19.5 Å². The number of fused-ring (bicyclic) bond motifs is 1. The predicted octanol–water partition coefficient (Wildman–Crippen LogP) is 3.45. The molecule has 1 amide bonds. The Kier molecular flexibility index (Phi) is 5.46. The average Bonchev–Trinajstić information content (AvgIpc) is 3.35. The molecular weight excluding hydrogens is 456 g/mol. The van der Waals surface area contributed by atoms with Gasteiger partial charge in [-0.2, -0.15) is 4.98 Å². The molecule has 0 atom stereocenters. The number of carbonyl (C=O) groups excluding carboxylic acids is 1. The fourth-order valence-corrected chi connectivity index (χ4v) is 4.67. The highest BCUT2D eigenvalue weighted by molar-refractivity contribution is 7.92. The number of nitrogens with one attached hydrogen (secondary N) is 2. The number of sulfonamides is 1. The van der Waals surface area contributed by atoms with Crippen molar-refractivity contribution in [2.45, 2.75) is 24.7 Å². The van der Waals surface area contributed by atoms with Gasteiger partial charge in [-0.1, -0.05) is 0 Å². The molecule has 10 nitrogen and oxygen atoms in total. The van der Waals surface area contributed by atoms with Crippen molar-refractivity contribution >= 4 is 27.3 Å². The lowest BCUT2D eigenvalue weighted by Gasteiger charge is -2.18. The summed E-state index contributed by atoms with van der Waals surface area (Å²) in [7, 11) is -3.80. The highest BCUT2D eigenvalue weighted by atomic mass is 32.2. The average molecular weight is 477 g/mol. The van der Waals surface area contributed by atoms with E-state index in [0.717, 1.165) is 5.56 Å². The summed E-state index contributed by atoms with van der Waals surface area (Å²) in [6, 6.07) is 12.9. The lowest BCUT2D eigenvalue weighted by molar-refractivity contribution is -0.116. The van der Waals surface area contributed by atoms with Crippen molar-refractivity contribution in [1.29, 1.82) is 0 Å². The van der Waals surface area contributed by atoms with Gasteiger partial charge in [0.25, 0.3) is 10.0 Å². The van der Waals surface area contributed by atoms with Gasteiger partial charge in [-0.15, -0.1) is 0 Å². The number of carbonyl (C=O) groups is 1. The van der Waals surface area contributed by atoms with Crippen LogP contribution in [0.2, 0.25) is 0 Å². The standard InChI is InChI=1S/C23H20N6O4S/c1-15-25-21(29-11-10-24-14-29)13-23(26-15)33-18-5-3-17(4-6-18)28-34(31,32)19-7-8-20-16(12-19)2-9-22(30)27-20/h3-8,10-14,28H,2,9H2,1H3,(H,27,30). The van der Waals surface area contributed by atoms with Crippen molar-refractivity contribution in [2.24, 2.45) is 0 Å². The number of ether oxygens (including phenoxy) is 1. The van der Waals surface area contributed by atoms with Gasteiger partial charge < -0.3 is 10.1 Å². The number of rotatable bonds is 6. The van der Waals surface area contributed by atoms with Crippen LogP contribution in [0.5, 0.6) is 11.6 Å². The summed E-state index contributed by atoms with van der Waals surface area (Å²) >= 11 is 0. The minimum atomic E-state index is -3.80. The maximum atomic E-state index is 12.9. The number of nitrogens with zero attached hydrogens (tertiary/aromatic N) is 4. The highest BCUT2D eigenvalue weighted by Gasteiger charge is 2.20. The molecular formula is C23H20N6O4S. The molecule has 0 unspecified atom stereocenters. The number of amides is 1. The van der Waals surface area contributed by atoms with Gasteiger partial charge in [-0.05, 0) is 61.4 Å². The Morgan fingerprint density at radius 2 is 1.88 bits per heavy atom. The van der Waals surface area contributed by atoms with Gasteiger partial charge in [0.2, 0.25) is 11.8 Å². The van der Waals surface area contributed by atoms with Crippen LogP contribution in [0.15, 0.2) is 72.1 Å². The smallest absolute Gasteiger partial charge is 0.261 e. The van der Waals surface area contributed by atoms with Crippen LogP contribution < -0.4 is 14.8 Å². The molecule has 1 aliphatic heterocycles. The topological polar surface area (TPSA) is 128 Å². The fraction of sp³-hybridized carbons (Fsp3) is 0.130. The summed E-state index contributed by atoms with van der Waals surface area (Å²) in [6.07, 6.45) is 5.89. The monoisotopic (exact) mass is 476 g/mol. The maximum absolute atomic E-state index is 12.9. The van der Waals surface area contributed by atoms with Gasteiger partial charge in [0, 0.05) is 36.3 Å².